The molecule has 2 aromatic rings. The molecule has 0 saturated carbocycles. The number of ether oxygens (including phenoxy) is 1. The van der Waals surface area contributed by atoms with Crippen LogP contribution < -0.4 is 0 Å². The van der Waals surface area contributed by atoms with Gasteiger partial charge in [0.15, 0.2) is 0 Å². The van der Waals surface area contributed by atoms with Gasteiger partial charge in [-0.15, -0.1) is 0 Å². The van der Waals surface area contributed by atoms with Crippen LogP contribution in [0.4, 0.5) is 0 Å². The molecule has 0 radical (unpaired) electrons. The molecule has 0 atom stereocenters. The fourth-order valence-electron chi connectivity index (χ4n) is 2.35. The van der Waals surface area contributed by atoms with Crippen molar-refractivity contribution in [2.24, 2.45) is 0 Å². The summed E-state index contributed by atoms with van der Waals surface area (Å²) in [6.07, 6.45) is 0. The predicted octanol–water partition coefficient (Wildman–Crippen LogP) is 5.49. The van der Waals surface area contributed by atoms with Gasteiger partial charge in [-0.05, 0) is 18.5 Å². The molecule has 0 aromatic carbocycles. The molecule has 216 valence electrons. The summed E-state index contributed by atoms with van der Waals surface area (Å²) >= 11 is 3.69. The monoisotopic (exact) mass is 784 g/mol. The van der Waals surface area contributed by atoms with Gasteiger partial charge in [0.25, 0.3) is 0 Å². The van der Waals surface area contributed by atoms with E-state index in [1.54, 1.807) is 55.4 Å². The second kappa shape index (κ2) is 15.4. The fourth-order valence-corrected chi connectivity index (χ4v) is 8.22. The van der Waals surface area contributed by atoms with Gasteiger partial charge in [0.2, 0.25) is 5.24 Å². The Morgan fingerprint density at radius 3 is 1.18 bits per heavy atom. The number of aliphatic hydroxyl groups is 3. The molecule has 0 aliphatic rings. The summed E-state index contributed by atoms with van der Waals surface area (Å²) in [5.41, 5.74) is -2.05. The Bertz CT molecular complexity index is 1050. The second-order valence-electron chi connectivity index (χ2n) is 10.7. The minimum atomic E-state index is -0.783. The number of hydrogen-bond donors (Lipinski definition) is 3. The molecular formula is C29H45ClO6Te2. The molecule has 2 aromatic heterocycles. The van der Waals surface area contributed by atoms with Gasteiger partial charge in [0.1, 0.15) is 0 Å². The third-order valence-corrected chi connectivity index (χ3v) is 14.7. The quantitative estimate of drug-likeness (QED) is 0.149. The summed E-state index contributed by atoms with van der Waals surface area (Å²) in [5.74, 6) is -0.370. The van der Waals surface area contributed by atoms with E-state index in [0.717, 1.165) is 14.3 Å². The number of rotatable bonds is 7. The molecule has 9 heteroatoms. The average molecular weight is 780 g/mol. The van der Waals surface area contributed by atoms with Gasteiger partial charge < -0.3 is 0 Å². The summed E-state index contributed by atoms with van der Waals surface area (Å²) in [7, 11) is 0. The first kappa shape index (κ1) is 39.5. The minimum absolute atomic E-state index is 0. The first-order valence-electron chi connectivity index (χ1n) is 11.5. The number of carbonyl (C=O) groups is 2. The number of allylic oxidation sites excluding steroid dienone is 1. The summed E-state index contributed by atoms with van der Waals surface area (Å²) in [6.45, 7) is 24.6. The van der Waals surface area contributed by atoms with E-state index in [1.165, 1.54) is 0 Å². The molecule has 0 bridgehead atoms. The Labute approximate surface area is 253 Å². The van der Waals surface area contributed by atoms with Crippen molar-refractivity contribution in [3.8, 4) is 0 Å². The van der Waals surface area contributed by atoms with Gasteiger partial charge in [0, 0.05) is 5.57 Å². The van der Waals surface area contributed by atoms with Crippen LogP contribution in [-0.4, -0.2) is 67.4 Å². The van der Waals surface area contributed by atoms with E-state index >= 15 is 0 Å². The first-order valence-corrected chi connectivity index (χ1v) is 16.6. The van der Waals surface area contributed by atoms with Crippen molar-refractivity contribution >= 4 is 63.7 Å². The van der Waals surface area contributed by atoms with Crippen molar-refractivity contribution < 1.29 is 29.6 Å². The van der Waals surface area contributed by atoms with Crippen LogP contribution in [0.15, 0.2) is 48.6 Å². The molecule has 3 N–H and O–H groups in total. The van der Waals surface area contributed by atoms with E-state index < -0.39 is 68.5 Å². The summed E-state index contributed by atoms with van der Waals surface area (Å²) in [6, 6.07) is 7.83. The Balaban J connectivity index is 0. The van der Waals surface area contributed by atoms with Crippen molar-refractivity contribution in [1.29, 1.82) is 0 Å². The van der Waals surface area contributed by atoms with Gasteiger partial charge in [-0.25, -0.2) is 0 Å². The van der Waals surface area contributed by atoms with Crippen molar-refractivity contribution in [3.05, 3.63) is 62.9 Å². The molecule has 0 spiro atoms. The second-order valence-corrected chi connectivity index (χ2v) is 17.3. The molecule has 0 aliphatic carbocycles. The Kier molecular flexibility index (Phi) is 16.0. The normalized spacial score (nSPS) is 11.6. The van der Waals surface area contributed by atoms with Crippen molar-refractivity contribution in [2.75, 3.05) is 0 Å². The van der Waals surface area contributed by atoms with E-state index in [1.807, 2.05) is 38.1 Å². The van der Waals surface area contributed by atoms with Gasteiger partial charge in [-0.1, -0.05) is 14.0 Å². The standard InChI is InChI=1S/C14H20O3Te.C10H16O2Te.C4H5ClO.CH4/c1-9(2)12(15)17-14(5,6)11-8-7-10(18-11)13(3,4)16;1-9(2,11)7-5-6-8(13-7)10(3,4)12;1-3(2)4(5)6;/h7-8,16H,1H2,2-6H3;5-6,11-12H,1-4H3;1H2,2H3;1H4. The fraction of sp³-hybridized carbons (Fsp3) is 0.517. The van der Waals surface area contributed by atoms with Crippen molar-refractivity contribution in [1.82, 2.24) is 0 Å². The van der Waals surface area contributed by atoms with E-state index in [2.05, 4.69) is 13.2 Å². The molecule has 6 nitrogen and oxygen atoms in total. The van der Waals surface area contributed by atoms with E-state index in [-0.39, 0.29) is 13.4 Å². The zero-order chi connectivity index (χ0) is 29.6. The molecule has 0 amide bonds. The molecule has 0 unspecified atom stereocenters. The van der Waals surface area contributed by atoms with E-state index in [9.17, 15) is 24.9 Å². The zero-order valence-corrected chi connectivity index (χ0v) is 28.9. The van der Waals surface area contributed by atoms with Crippen LogP contribution in [0.3, 0.4) is 0 Å². The zero-order valence-electron chi connectivity index (χ0n) is 23.5. The van der Waals surface area contributed by atoms with Crippen LogP contribution in [-0.2, 0) is 36.7 Å². The van der Waals surface area contributed by atoms with Crippen LogP contribution in [0.2, 0.25) is 0 Å². The predicted molar refractivity (Wildman–Crippen MR) is 159 cm³/mol. The Morgan fingerprint density at radius 2 is 0.974 bits per heavy atom. The molecular weight excluding hydrogens is 735 g/mol. The molecule has 0 aliphatic heterocycles. The SMILES string of the molecule is C.C=C(C)C(=O)Cl.C=C(C)C(=O)OC(C)(C)c1ccc(C(C)(C)O)[te]1.CC(C)(O)c1ccc(C(C)(C)O)[te]1. The Morgan fingerprint density at radius 1 is 0.711 bits per heavy atom. The summed E-state index contributed by atoms with van der Waals surface area (Å²) in [4.78, 5) is 21.4. The molecule has 0 saturated heterocycles. The number of carbonyl (C=O) groups excluding carboxylic acids is 2. The van der Waals surface area contributed by atoms with Gasteiger partial charge in [-0.2, -0.15) is 0 Å². The van der Waals surface area contributed by atoms with E-state index in [0.29, 0.717) is 11.1 Å². The summed E-state index contributed by atoms with van der Waals surface area (Å²) < 4.78 is 9.81. The van der Waals surface area contributed by atoms with Gasteiger partial charge in [0.05, 0.1) is 0 Å². The van der Waals surface area contributed by atoms with Crippen LogP contribution >= 0.6 is 11.6 Å². The Hall–Kier alpha value is -0.671. The topological polar surface area (TPSA) is 104 Å². The third-order valence-electron chi connectivity index (χ3n) is 4.65. The first-order chi connectivity index (χ1) is 16.4. The van der Waals surface area contributed by atoms with Crippen molar-refractivity contribution in [2.45, 2.75) is 99.1 Å². The van der Waals surface area contributed by atoms with Crippen LogP contribution in [0.1, 0.15) is 91.0 Å². The number of esters is 1. The third kappa shape index (κ3) is 14.1. The van der Waals surface area contributed by atoms with Crippen LogP contribution in [0, 0.1) is 0 Å². The molecule has 38 heavy (non-hydrogen) atoms. The molecule has 2 rings (SSSR count). The molecule has 2 heterocycles. The van der Waals surface area contributed by atoms with Gasteiger partial charge in [-0.3, -0.25) is 4.79 Å². The average Bonchev–Trinajstić information content (AvgIpc) is 3.38. The number of hydrogen-bond acceptors (Lipinski definition) is 6. The summed E-state index contributed by atoms with van der Waals surface area (Å²) in [5, 5.41) is 29.0. The van der Waals surface area contributed by atoms with Crippen molar-refractivity contribution in [3.63, 3.8) is 0 Å². The van der Waals surface area contributed by atoms with Crippen LogP contribution in [0.5, 0.6) is 0 Å². The van der Waals surface area contributed by atoms with E-state index in [4.69, 9.17) is 16.3 Å². The van der Waals surface area contributed by atoms with Gasteiger partial charge >= 0.3 is 207 Å². The van der Waals surface area contributed by atoms with Crippen LogP contribution in [0.25, 0.3) is 0 Å². The maximum absolute atomic E-state index is 11.6. The number of halogens is 1. The maximum atomic E-state index is 11.6. The molecule has 0 fully saturated rings.